The maximum absolute atomic E-state index is 12.7. The highest BCUT2D eigenvalue weighted by Crippen LogP contribution is 2.53. The summed E-state index contributed by atoms with van der Waals surface area (Å²) < 4.78 is 50.3. The fraction of sp³-hybridized carbons (Fsp3) is 0.333. The van der Waals surface area contributed by atoms with Crippen LogP contribution in [0.1, 0.15) is 19.4 Å². The molecule has 3 N–H and O–H groups in total. The summed E-state index contributed by atoms with van der Waals surface area (Å²) in [4.78, 5) is 44.5. The smallest absolute Gasteiger partial charge is 0.323 e. The summed E-state index contributed by atoms with van der Waals surface area (Å²) in [5.41, 5.74) is -4.20. The maximum Gasteiger partial charge on any atom is 0.416 e. The van der Waals surface area contributed by atoms with Crippen molar-refractivity contribution in [2.45, 2.75) is 25.3 Å². The van der Waals surface area contributed by atoms with Gasteiger partial charge in [-0.3, -0.25) is 18.7 Å². The van der Waals surface area contributed by atoms with E-state index in [2.05, 4.69) is 0 Å². The second-order valence-electron chi connectivity index (χ2n) is 5.36. The molecule has 0 spiro atoms. The van der Waals surface area contributed by atoms with Crippen molar-refractivity contribution in [2.75, 3.05) is 0 Å². The van der Waals surface area contributed by atoms with E-state index in [0.717, 1.165) is 19.9 Å². The van der Waals surface area contributed by atoms with Crippen molar-refractivity contribution in [1.82, 2.24) is 9.55 Å². The van der Waals surface area contributed by atoms with Crippen molar-refractivity contribution in [1.29, 1.82) is 0 Å². The quantitative estimate of drug-likeness (QED) is 0.561. The molecule has 23 heavy (non-hydrogen) atoms. The predicted octanol–water partition coefficient (Wildman–Crippen LogP) is 1.58. The van der Waals surface area contributed by atoms with Crippen molar-refractivity contribution in [3.05, 3.63) is 44.5 Å². The first kappa shape index (κ1) is 17.5. The third-order valence-electron chi connectivity index (χ3n) is 3.47. The molecule has 0 atom stereocenters. The molecular formula is C12H12F3N2O5P. The number of nitrogens with zero attached hydrogens (tertiary/aromatic N) is 1. The molecule has 0 radical (unpaired) electrons. The van der Waals surface area contributed by atoms with E-state index in [1.54, 1.807) is 0 Å². The number of hydrogen-bond acceptors (Lipinski definition) is 3. The first-order valence-corrected chi connectivity index (χ1v) is 7.80. The number of benzene rings is 1. The first-order valence-electron chi connectivity index (χ1n) is 6.19. The van der Waals surface area contributed by atoms with E-state index in [4.69, 9.17) is 0 Å². The minimum atomic E-state index is -4.90. The number of H-pyrrole nitrogens is 1. The fourth-order valence-corrected chi connectivity index (χ4v) is 2.53. The third kappa shape index (κ3) is 2.85. The zero-order valence-corrected chi connectivity index (χ0v) is 12.8. The van der Waals surface area contributed by atoms with Crippen LogP contribution in [0.4, 0.5) is 13.2 Å². The van der Waals surface area contributed by atoms with Gasteiger partial charge in [-0.05, 0) is 32.0 Å². The largest absolute Gasteiger partial charge is 0.416 e. The lowest BCUT2D eigenvalue weighted by Crippen LogP contribution is -2.44. The van der Waals surface area contributed by atoms with Crippen molar-refractivity contribution < 1.29 is 27.5 Å². The highest BCUT2D eigenvalue weighted by molar-refractivity contribution is 7.52. The van der Waals surface area contributed by atoms with E-state index in [1.807, 2.05) is 4.98 Å². The van der Waals surface area contributed by atoms with Crippen molar-refractivity contribution >= 4 is 18.6 Å². The van der Waals surface area contributed by atoms with Crippen LogP contribution in [-0.2, 0) is 16.0 Å². The predicted molar refractivity (Wildman–Crippen MR) is 75.2 cm³/mol. The van der Waals surface area contributed by atoms with Crippen LogP contribution in [0.3, 0.4) is 0 Å². The maximum atomic E-state index is 12.7. The van der Waals surface area contributed by atoms with Crippen LogP contribution >= 0.6 is 7.60 Å². The minimum Gasteiger partial charge on any atom is -0.323 e. The number of aromatic nitrogens is 2. The van der Waals surface area contributed by atoms with Crippen LogP contribution in [0.25, 0.3) is 11.0 Å². The summed E-state index contributed by atoms with van der Waals surface area (Å²) in [6, 6.07) is 2.14. The molecule has 0 saturated heterocycles. The SMILES string of the molecule is CC(C)(n1c(=O)c(=O)[nH]c2cc(C(F)(F)F)ccc21)P(=O)(O)O. The molecule has 7 nitrogen and oxygen atoms in total. The lowest BCUT2D eigenvalue weighted by Gasteiger charge is -2.29. The lowest BCUT2D eigenvalue weighted by atomic mass is 10.1. The molecule has 0 amide bonds. The van der Waals surface area contributed by atoms with Crippen molar-refractivity contribution in [2.24, 2.45) is 0 Å². The van der Waals surface area contributed by atoms with E-state index >= 15 is 0 Å². The van der Waals surface area contributed by atoms with E-state index < -0.39 is 35.7 Å². The van der Waals surface area contributed by atoms with E-state index in [-0.39, 0.29) is 11.0 Å². The Bertz CT molecular complexity index is 938. The molecule has 126 valence electrons. The van der Waals surface area contributed by atoms with Gasteiger partial charge in [-0.15, -0.1) is 0 Å². The van der Waals surface area contributed by atoms with Crippen LogP contribution in [-0.4, -0.2) is 19.3 Å². The molecule has 11 heteroatoms. The molecule has 1 aromatic carbocycles. The van der Waals surface area contributed by atoms with Gasteiger partial charge in [0, 0.05) is 0 Å². The zero-order valence-electron chi connectivity index (χ0n) is 11.9. The van der Waals surface area contributed by atoms with E-state index in [0.29, 0.717) is 16.7 Å². The Labute approximate surface area is 126 Å². The Hall–Kier alpha value is -1.90. The van der Waals surface area contributed by atoms with Gasteiger partial charge in [-0.25, -0.2) is 0 Å². The monoisotopic (exact) mass is 352 g/mol. The Kier molecular flexibility index (Phi) is 3.83. The molecular weight excluding hydrogens is 340 g/mol. The number of fused-ring (bicyclic) bond motifs is 1. The average Bonchev–Trinajstić information content (AvgIpc) is 2.36. The van der Waals surface area contributed by atoms with Crippen molar-refractivity contribution in [3.63, 3.8) is 0 Å². The third-order valence-corrected chi connectivity index (χ3v) is 5.10. The molecule has 0 bridgehead atoms. The molecule has 1 aromatic heterocycles. The van der Waals surface area contributed by atoms with E-state index in [1.165, 1.54) is 0 Å². The standard InChI is InChI=1S/C12H12F3N2O5P/c1-11(2,23(20,21)22)17-8-4-3-6(12(13,14)15)5-7(8)16-9(18)10(17)19/h3-5H,1-2H3,(H,16,18)(H2,20,21,22). The summed E-state index contributed by atoms with van der Waals surface area (Å²) in [6.45, 7) is 2.04. The summed E-state index contributed by atoms with van der Waals surface area (Å²) in [5.74, 6) is 0. The van der Waals surface area contributed by atoms with Crippen molar-refractivity contribution in [3.8, 4) is 0 Å². The fourth-order valence-electron chi connectivity index (χ4n) is 2.07. The number of hydrogen-bond donors (Lipinski definition) is 3. The molecule has 0 aliphatic heterocycles. The highest BCUT2D eigenvalue weighted by Gasteiger charge is 2.42. The van der Waals surface area contributed by atoms with Gasteiger partial charge >= 0.3 is 24.9 Å². The summed E-state index contributed by atoms with van der Waals surface area (Å²) in [7, 11) is -4.90. The molecule has 0 unspecified atom stereocenters. The van der Waals surface area contributed by atoms with Gasteiger partial charge in [0.15, 0.2) is 0 Å². The molecule has 0 aliphatic carbocycles. The molecule has 1 heterocycles. The van der Waals surface area contributed by atoms with Gasteiger partial charge in [-0.1, -0.05) is 0 Å². The Morgan fingerprint density at radius 1 is 1.17 bits per heavy atom. The Morgan fingerprint density at radius 2 is 1.74 bits per heavy atom. The van der Waals surface area contributed by atoms with Gasteiger partial charge in [0.2, 0.25) is 0 Å². The zero-order chi connectivity index (χ0) is 17.8. The summed E-state index contributed by atoms with van der Waals surface area (Å²) in [5, 5.41) is -2.11. The lowest BCUT2D eigenvalue weighted by molar-refractivity contribution is -0.137. The molecule has 2 aromatic rings. The van der Waals surface area contributed by atoms with E-state index in [9.17, 15) is 37.1 Å². The number of nitrogens with one attached hydrogen (secondary N) is 1. The number of halogens is 3. The van der Waals surface area contributed by atoms with Gasteiger partial charge in [0.25, 0.3) is 0 Å². The van der Waals surface area contributed by atoms with Crippen LogP contribution in [0.2, 0.25) is 0 Å². The van der Waals surface area contributed by atoms with Gasteiger partial charge in [0.05, 0.1) is 16.6 Å². The summed E-state index contributed by atoms with van der Waals surface area (Å²) >= 11 is 0. The van der Waals surface area contributed by atoms with Crippen LogP contribution in [0.5, 0.6) is 0 Å². The molecule has 0 saturated carbocycles. The van der Waals surface area contributed by atoms with Crippen LogP contribution in [0, 0.1) is 0 Å². The number of rotatable bonds is 2. The van der Waals surface area contributed by atoms with Gasteiger partial charge in [0.1, 0.15) is 5.28 Å². The van der Waals surface area contributed by atoms with Crippen LogP contribution < -0.4 is 11.1 Å². The minimum absolute atomic E-state index is 0.226. The Balaban J connectivity index is 2.96. The Morgan fingerprint density at radius 3 is 2.22 bits per heavy atom. The second kappa shape index (κ2) is 5.05. The normalized spacial score (nSPS) is 13.5. The topological polar surface area (TPSA) is 112 Å². The highest BCUT2D eigenvalue weighted by atomic mass is 31.2. The van der Waals surface area contributed by atoms with Gasteiger partial charge < -0.3 is 14.8 Å². The number of alkyl halides is 3. The first-order chi connectivity index (χ1) is 10.3. The second-order valence-corrected chi connectivity index (χ2v) is 7.55. The van der Waals surface area contributed by atoms with Gasteiger partial charge in [-0.2, -0.15) is 13.2 Å². The summed E-state index contributed by atoms with van der Waals surface area (Å²) in [6.07, 6.45) is -4.68. The van der Waals surface area contributed by atoms with Crippen LogP contribution in [0.15, 0.2) is 27.8 Å². The molecule has 2 rings (SSSR count). The number of aromatic amines is 1. The molecule has 0 aliphatic rings. The average molecular weight is 352 g/mol. The molecule has 0 fully saturated rings.